The molecule has 0 fully saturated rings. The van der Waals surface area contributed by atoms with Crippen LogP contribution in [0.5, 0.6) is 0 Å². The first-order chi connectivity index (χ1) is 23.2. The van der Waals surface area contributed by atoms with E-state index in [0.717, 1.165) is 22.5 Å². The van der Waals surface area contributed by atoms with Crippen LogP contribution in [0, 0.1) is 6.92 Å². The predicted octanol–water partition coefficient (Wildman–Crippen LogP) is 12.1. The molecule has 0 saturated heterocycles. The van der Waals surface area contributed by atoms with Crippen molar-refractivity contribution in [3.63, 3.8) is 0 Å². The molecule has 0 aliphatic carbocycles. The van der Waals surface area contributed by atoms with Gasteiger partial charge in [-0.2, -0.15) is 0 Å². The largest absolute Gasteiger partial charge is 0.236 e. The van der Waals surface area contributed by atoms with Gasteiger partial charge < -0.3 is 0 Å². The van der Waals surface area contributed by atoms with E-state index < -0.39 is 0 Å². The number of fused-ring (bicyclic) bond motifs is 4. The van der Waals surface area contributed by atoms with Crippen LogP contribution in [0.15, 0.2) is 164 Å². The number of nitrogens with zero attached hydrogens (tertiary/aromatic N) is 2. The third-order valence-electron chi connectivity index (χ3n) is 9.36. The maximum absolute atomic E-state index is 4.53. The average Bonchev–Trinajstić information content (AvgIpc) is 3.13. The molecule has 0 saturated carbocycles. The number of benzene rings is 8. The minimum absolute atomic E-state index is 0.741. The van der Waals surface area contributed by atoms with Crippen molar-refractivity contribution in [2.24, 2.45) is 0 Å². The Bertz CT molecular complexity index is 2620. The van der Waals surface area contributed by atoms with Crippen molar-refractivity contribution in [2.45, 2.75) is 6.92 Å². The van der Waals surface area contributed by atoms with Crippen molar-refractivity contribution in [2.75, 3.05) is 0 Å². The summed E-state index contributed by atoms with van der Waals surface area (Å²) < 4.78 is 0. The predicted molar refractivity (Wildman–Crippen MR) is 199 cm³/mol. The van der Waals surface area contributed by atoms with Crippen molar-refractivity contribution in [1.29, 1.82) is 0 Å². The van der Waals surface area contributed by atoms with Gasteiger partial charge in [-0.25, -0.2) is 9.97 Å². The molecule has 0 aliphatic heterocycles. The molecule has 0 amide bonds. The third-order valence-corrected chi connectivity index (χ3v) is 9.36. The van der Waals surface area contributed by atoms with E-state index in [2.05, 4.69) is 162 Å². The summed E-state index contributed by atoms with van der Waals surface area (Å²) in [5.41, 5.74) is 9.38. The van der Waals surface area contributed by atoms with E-state index in [4.69, 9.17) is 0 Å². The van der Waals surface area contributed by atoms with Gasteiger partial charge in [-0.1, -0.05) is 133 Å². The highest BCUT2D eigenvalue weighted by Gasteiger charge is 2.18. The molecule has 0 bridgehead atoms. The molecule has 47 heavy (non-hydrogen) atoms. The molecule has 220 valence electrons. The Kier molecular flexibility index (Phi) is 6.39. The summed E-state index contributed by atoms with van der Waals surface area (Å²) in [6, 6.07) is 55.4. The lowest BCUT2D eigenvalue weighted by Gasteiger charge is -2.19. The number of rotatable bonds is 4. The first kappa shape index (κ1) is 27.2. The van der Waals surface area contributed by atoms with Gasteiger partial charge in [0.25, 0.3) is 0 Å². The minimum Gasteiger partial charge on any atom is -0.236 e. The van der Waals surface area contributed by atoms with E-state index in [1.165, 1.54) is 70.9 Å². The quantitative estimate of drug-likeness (QED) is 0.188. The minimum atomic E-state index is 0.741. The fourth-order valence-electron chi connectivity index (χ4n) is 7.02. The molecule has 0 atom stereocenters. The molecule has 0 aliphatic rings. The molecular weight excluding hydrogens is 569 g/mol. The Labute approximate surface area is 273 Å². The summed E-state index contributed by atoms with van der Waals surface area (Å²) in [6.07, 6.45) is 3.73. The van der Waals surface area contributed by atoms with Gasteiger partial charge in [-0.3, -0.25) is 0 Å². The molecule has 0 spiro atoms. The van der Waals surface area contributed by atoms with Crippen LogP contribution in [0.1, 0.15) is 5.56 Å². The van der Waals surface area contributed by atoms with Crippen LogP contribution in [0.2, 0.25) is 0 Å². The second-order valence-corrected chi connectivity index (χ2v) is 12.3. The highest BCUT2D eigenvalue weighted by Crippen LogP contribution is 2.45. The van der Waals surface area contributed by atoms with Gasteiger partial charge in [-0.15, -0.1) is 0 Å². The highest BCUT2D eigenvalue weighted by atomic mass is 14.9. The van der Waals surface area contributed by atoms with Crippen LogP contribution >= 0.6 is 0 Å². The lowest BCUT2D eigenvalue weighted by molar-refractivity contribution is 1.14. The van der Waals surface area contributed by atoms with Gasteiger partial charge in [0.1, 0.15) is 0 Å². The third kappa shape index (κ3) is 4.74. The Hall–Kier alpha value is -6.12. The molecule has 8 aromatic carbocycles. The zero-order valence-corrected chi connectivity index (χ0v) is 26.0. The van der Waals surface area contributed by atoms with Gasteiger partial charge in [0.05, 0.1) is 0 Å². The van der Waals surface area contributed by atoms with Crippen molar-refractivity contribution in [3.05, 3.63) is 170 Å². The summed E-state index contributed by atoms with van der Waals surface area (Å²) in [7, 11) is 0. The molecule has 0 unspecified atom stereocenters. The standard InChI is InChI=1S/C45H30N2/c1-29-27-46-45(47-28-29)33-18-14-32(15-19-33)36-22-23-41-42(26-36)44(38-21-17-31-9-3-5-11-35(31)25-38)40-13-7-6-12-39(40)43(41)37-20-16-30-8-2-4-10-34(30)24-37/h2-28H,1H3. The van der Waals surface area contributed by atoms with E-state index in [9.17, 15) is 0 Å². The van der Waals surface area contributed by atoms with Gasteiger partial charge in [-0.05, 0) is 107 Å². The van der Waals surface area contributed by atoms with Crippen LogP contribution in [-0.4, -0.2) is 9.97 Å². The second-order valence-electron chi connectivity index (χ2n) is 12.3. The molecule has 2 nitrogen and oxygen atoms in total. The smallest absolute Gasteiger partial charge is 0.159 e. The molecule has 9 rings (SSSR count). The first-order valence-corrected chi connectivity index (χ1v) is 16.1. The maximum atomic E-state index is 4.53. The molecular formula is C45H30N2. The fraction of sp³-hybridized carbons (Fsp3) is 0.0222. The summed E-state index contributed by atoms with van der Waals surface area (Å²) in [4.78, 5) is 9.07. The summed E-state index contributed by atoms with van der Waals surface area (Å²) in [6.45, 7) is 2.01. The summed E-state index contributed by atoms with van der Waals surface area (Å²) >= 11 is 0. The maximum Gasteiger partial charge on any atom is 0.159 e. The second kappa shape index (κ2) is 11.0. The van der Waals surface area contributed by atoms with Gasteiger partial charge in [0.15, 0.2) is 5.82 Å². The Morgan fingerprint density at radius 1 is 0.340 bits per heavy atom. The Morgan fingerprint density at radius 3 is 1.38 bits per heavy atom. The SMILES string of the molecule is Cc1cnc(-c2ccc(-c3ccc4c(-c5ccc6ccccc6c5)c5ccccc5c(-c5ccc6ccccc6c5)c4c3)cc2)nc1. The van der Waals surface area contributed by atoms with E-state index >= 15 is 0 Å². The van der Waals surface area contributed by atoms with Crippen LogP contribution < -0.4 is 0 Å². The first-order valence-electron chi connectivity index (χ1n) is 16.1. The number of hydrogen-bond acceptors (Lipinski definition) is 2. The van der Waals surface area contributed by atoms with Gasteiger partial charge in [0, 0.05) is 18.0 Å². The zero-order valence-electron chi connectivity index (χ0n) is 26.0. The molecule has 0 radical (unpaired) electrons. The van der Waals surface area contributed by atoms with Crippen LogP contribution in [0.3, 0.4) is 0 Å². The number of aromatic nitrogens is 2. The van der Waals surface area contributed by atoms with E-state index in [1.807, 2.05) is 19.3 Å². The van der Waals surface area contributed by atoms with Crippen molar-refractivity contribution in [3.8, 4) is 44.8 Å². The fourth-order valence-corrected chi connectivity index (χ4v) is 7.02. The van der Waals surface area contributed by atoms with Crippen LogP contribution in [0.25, 0.3) is 87.9 Å². The molecule has 1 aromatic heterocycles. The number of aryl methyl sites for hydroxylation is 1. The van der Waals surface area contributed by atoms with Crippen LogP contribution in [-0.2, 0) is 0 Å². The van der Waals surface area contributed by atoms with Crippen molar-refractivity contribution >= 4 is 43.1 Å². The Balaban J connectivity index is 1.31. The molecule has 0 N–H and O–H groups in total. The van der Waals surface area contributed by atoms with Crippen molar-refractivity contribution in [1.82, 2.24) is 9.97 Å². The highest BCUT2D eigenvalue weighted by molar-refractivity contribution is 6.22. The zero-order chi connectivity index (χ0) is 31.3. The number of hydrogen-bond donors (Lipinski definition) is 0. The molecule has 9 aromatic rings. The van der Waals surface area contributed by atoms with E-state index in [1.54, 1.807) is 0 Å². The summed E-state index contributed by atoms with van der Waals surface area (Å²) in [5.74, 6) is 0.741. The van der Waals surface area contributed by atoms with Gasteiger partial charge >= 0.3 is 0 Å². The topological polar surface area (TPSA) is 25.8 Å². The van der Waals surface area contributed by atoms with Crippen LogP contribution in [0.4, 0.5) is 0 Å². The lowest BCUT2D eigenvalue weighted by Crippen LogP contribution is -1.92. The van der Waals surface area contributed by atoms with Gasteiger partial charge in [0.2, 0.25) is 0 Å². The molecule has 2 heteroatoms. The van der Waals surface area contributed by atoms with Crippen molar-refractivity contribution < 1.29 is 0 Å². The summed E-state index contributed by atoms with van der Waals surface area (Å²) in [5, 5.41) is 9.98. The monoisotopic (exact) mass is 598 g/mol. The molecule has 1 heterocycles. The lowest BCUT2D eigenvalue weighted by atomic mass is 9.84. The average molecular weight is 599 g/mol. The van der Waals surface area contributed by atoms with E-state index in [0.29, 0.717) is 0 Å². The normalized spacial score (nSPS) is 11.5. The van der Waals surface area contributed by atoms with E-state index in [-0.39, 0.29) is 0 Å². The Morgan fingerprint density at radius 2 is 0.787 bits per heavy atom.